The van der Waals surface area contributed by atoms with E-state index in [0.29, 0.717) is 13.0 Å². The fourth-order valence-corrected chi connectivity index (χ4v) is 2.23. The average Bonchev–Trinajstić information content (AvgIpc) is 2.45. The molecule has 15 heavy (non-hydrogen) atoms. The smallest absolute Gasteiger partial charge is 0.240 e. The highest BCUT2D eigenvalue weighted by Crippen LogP contribution is 2.19. The lowest BCUT2D eigenvalue weighted by Gasteiger charge is -2.28. The molecule has 2 unspecified atom stereocenters. The molecule has 0 saturated carbocycles. The number of hydrogen-bond acceptors (Lipinski definition) is 3. The molecule has 1 saturated heterocycles. The summed E-state index contributed by atoms with van der Waals surface area (Å²) in [7, 11) is 1.81. The molecule has 0 bridgehead atoms. The Morgan fingerprint density at radius 1 is 1.53 bits per heavy atom. The van der Waals surface area contributed by atoms with Crippen LogP contribution in [-0.4, -0.2) is 47.7 Å². The Bertz CT molecular complexity index is 231. The van der Waals surface area contributed by atoms with Crippen LogP contribution in [0.5, 0.6) is 0 Å². The summed E-state index contributed by atoms with van der Waals surface area (Å²) < 4.78 is 0. The van der Waals surface area contributed by atoms with Crippen molar-refractivity contribution >= 4 is 5.91 Å². The second-order valence-electron chi connectivity index (χ2n) is 4.74. The SMILES string of the molecule is CNC(C(=O)N1C[C@H](O)CC1C)C(C)C. The number of β-amino-alcohol motifs (C(OH)–C–C–N with tert-alkyl or cyclic N) is 1. The van der Waals surface area contributed by atoms with Gasteiger partial charge < -0.3 is 15.3 Å². The summed E-state index contributed by atoms with van der Waals surface area (Å²) >= 11 is 0. The van der Waals surface area contributed by atoms with Gasteiger partial charge in [0.05, 0.1) is 12.1 Å². The van der Waals surface area contributed by atoms with Crippen LogP contribution in [0.3, 0.4) is 0 Å². The zero-order valence-corrected chi connectivity index (χ0v) is 10.0. The van der Waals surface area contributed by atoms with E-state index >= 15 is 0 Å². The minimum Gasteiger partial charge on any atom is -0.391 e. The Morgan fingerprint density at radius 2 is 2.13 bits per heavy atom. The number of nitrogens with one attached hydrogen (secondary N) is 1. The van der Waals surface area contributed by atoms with Crippen molar-refractivity contribution in [2.24, 2.45) is 5.92 Å². The number of likely N-dealkylation sites (tertiary alicyclic amines) is 1. The molecule has 2 N–H and O–H groups in total. The molecule has 1 fully saturated rings. The van der Waals surface area contributed by atoms with Crippen LogP contribution in [-0.2, 0) is 4.79 Å². The minimum atomic E-state index is -0.353. The Balaban J connectivity index is 2.67. The second-order valence-corrected chi connectivity index (χ2v) is 4.74. The third-order valence-corrected chi connectivity index (χ3v) is 3.08. The summed E-state index contributed by atoms with van der Waals surface area (Å²) in [5, 5.41) is 12.5. The molecule has 1 aliphatic heterocycles. The predicted octanol–water partition coefficient (Wildman–Crippen LogP) is 0.212. The van der Waals surface area contributed by atoms with E-state index in [1.54, 1.807) is 11.9 Å². The molecule has 4 heteroatoms. The zero-order valence-electron chi connectivity index (χ0n) is 10.0. The van der Waals surface area contributed by atoms with Crippen LogP contribution in [0.15, 0.2) is 0 Å². The van der Waals surface area contributed by atoms with E-state index in [1.807, 2.05) is 20.8 Å². The van der Waals surface area contributed by atoms with E-state index in [4.69, 9.17) is 0 Å². The van der Waals surface area contributed by atoms with Crippen molar-refractivity contribution in [3.05, 3.63) is 0 Å². The number of rotatable bonds is 3. The van der Waals surface area contributed by atoms with Gasteiger partial charge in [0.25, 0.3) is 0 Å². The standard InChI is InChI=1S/C11H22N2O2/c1-7(2)10(12-4)11(15)13-6-9(14)5-8(13)3/h7-10,12,14H,5-6H2,1-4H3/t8?,9-,10?/m1/s1. The fraction of sp³-hybridized carbons (Fsp3) is 0.909. The third kappa shape index (κ3) is 2.69. The van der Waals surface area contributed by atoms with Crippen molar-refractivity contribution in [2.45, 2.75) is 45.4 Å². The lowest BCUT2D eigenvalue weighted by Crippen LogP contribution is -2.49. The van der Waals surface area contributed by atoms with Crippen LogP contribution < -0.4 is 5.32 Å². The highest BCUT2D eigenvalue weighted by molar-refractivity contribution is 5.82. The largest absolute Gasteiger partial charge is 0.391 e. The van der Waals surface area contributed by atoms with Gasteiger partial charge in [-0.2, -0.15) is 0 Å². The maximum atomic E-state index is 12.1. The lowest BCUT2D eigenvalue weighted by molar-refractivity contribution is -0.135. The second kappa shape index (κ2) is 4.94. The Kier molecular flexibility index (Phi) is 4.11. The van der Waals surface area contributed by atoms with Gasteiger partial charge in [-0.05, 0) is 26.3 Å². The van der Waals surface area contributed by atoms with Crippen molar-refractivity contribution in [1.82, 2.24) is 10.2 Å². The van der Waals surface area contributed by atoms with Crippen LogP contribution in [0.1, 0.15) is 27.2 Å². The molecule has 1 aliphatic rings. The Hall–Kier alpha value is -0.610. The van der Waals surface area contributed by atoms with Crippen molar-refractivity contribution in [3.63, 3.8) is 0 Å². The minimum absolute atomic E-state index is 0.108. The monoisotopic (exact) mass is 214 g/mol. The molecule has 0 aromatic heterocycles. The molecule has 3 atom stereocenters. The maximum Gasteiger partial charge on any atom is 0.240 e. The summed E-state index contributed by atoms with van der Waals surface area (Å²) in [6.45, 7) is 6.51. The van der Waals surface area contributed by atoms with Gasteiger partial charge in [0.1, 0.15) is 0 Å². The predicted molar refractivity (Wildman–Crippen MR) is 59.5 cm³/mol. The number of aliphatic hydroxyl groups excluding tert-OH is 1. The molecule has 0 aromatic carbocycles. The molecular weight excluding hydrogens is 192 g/mol. The first kappa shape index (κ1) is 12.5. The molecule has 0 aromatic rings. The van der Waals surface area contributed by atoms with Crippen LogP contribution in [0.25, 0.3) is 0 Å². The number of carbonyl (C=O) groups is 1. The summed E-state index contributed by atoms with van der Waals surface area (Å²) in [6, 6.07) is 0.0137. The molecule has 0 radical (unpaired) electrons. The average molecular weight is 214 g/mol. The number of aliphatic hydroxyl groups is 1. The van der Waals surface area contributed by atoms with Crippen molar-refractivity contribution in [1.29, 1.82) is 0 Å². The molecule has 1 rings (SSSR count). The number of hydrogen-bond donors (Lipinski definition) is 2. The van der Waals surface area contributed by atoms with Gasteiger partial charge in [-0.15, -0.1) is 0 Å². The highest BCUT2D eigenvalue weighted by atomic mass is 16.3. The van der Waals surface area contributed by atoms with Gasteiger partial charge in [-0.25, -0.2) is 0 Å². The van der Waals surface area contributed by atoms with E-state index in [2.05, 4.69) is 5.32 Å². The van der Waals surface area contributed by atoms with Gasteiger partial charge >= 0.3 is 0 Å². The van der Waals surface area contributed by atoms with E-state index in [1.165, 1.54) is 0 Å². The molecular formula is C11H22N2O2. The summed E-state index contributed by atoms with van der Waals surface area (Å²) in [5.74, 6) is 0.379. The summed E-state index contributed by atoms with van der Waals surface area (Å²) in [6.07, 6.45) is 0.342. The van der Waals surface area contributed by atoms with E-state index in [0.717, 1.165) is 0 Å². The number of carbonyl (C=O) groups excluding carboxylic acids is 1. The van der Waals surface area contributed by atoms with Crippen molar-refractivity contribution < 1.29 is 9.90 Å². The quantitative estimate of drug-likeness (QED) is 0.706. The van der Waals surface area contributed by atoms with Gasteiger partial charge in [-0.1, -0.05) is 13.8 Å². The van der Waals surface area contributed by atoms with Crippen LogP contribution in [0.4, 0.5) is 0 Å². The molecule has 88 valence electrons. The van der Waals surface area contributed by atoms with Crippen LogP contribution in [0, 0.1) is 5.92 Å². The maximum absolute atomic E-state index is 12.1. The van der Waals surface area contributed by atoms with Crippen LogP contribution >= 0.6 is 0 Å². The number of nitrogens with zero attached hydrogens (tertiary/aromatic N) is 1. The summed E-state index contributed by atoms with van der Waals surface area (Å²) in [4.78, 5) is 13.9. The normalized spacial score (nSPS) is 28.5. The zero-order chi connectivity index (χ0) is 11.6. The van der Waals surface area contributed by atoms with Gasteiger partial charge in [0.15, 0.2) is 0 Å². The molecule has 0 aliphatic carbocycles. The number of likely N-dealkylation sites (N-methyl/N-ethyl adjacent to an activating group) is 1. The molecule has 1 amide bonds. The van der Waals surface area contributed by atoms with Gasteiger partial charge in [0, 0.05) is 12.6 Å². The molecule has 0 spiro atoms. The first-order valence-corrected chi connectivity index (χ1v) is 5.63. The molecule has 4 nitrogen and oxygen atoms in total. The summed E-state index contributed by atoms with van der Waals surface area (Å²) in [5.41, 5.74) is 0. The van der Waals surface area contributed by atoms with Crippen LogP contribution in [0.2, 0.25) is 0 Å². The number of amides is 1. The third-order valence-electron chi connectivity index (χ3n) is 3.08. The van der Waals surface area contributed by atoms with Crippen molar-refractivity contribution in [3.8, 4) is 0 Å². The first-order chi connectivity index (χ1) is 6.97. The van der Waals surface area contributed by atoms with E-state index in [9.17, 15) is 9.90 Å². The van der Waals surface area contributed by atoms with E-state index in [-0.39, 0.29) is 30.0 Å². The lowest BCUT2D eigenvalue weighted by atomic mass is 10.0. The Labute approximate surface area is 91.6 Å². The molecule has 1 heterocycles. The first-order valence-electron chi connectivity index (χ1n) is 5.63. The topological polar surface area (TPSA) is 52.6 Å². The highest BCUT2D eigenvalue weighted by Gasteiger charge is 2.35. The fourth-order valence-electron chi connectivity index (χ4n) is 2.23. The van der Waals surface area contributed by atoms with Crippen molar-refractivity contribution in [2.75, 3.05) is 13.6 Å². The Morgan fingerprint density at radius 3 is 2.47 bits per heavy atom. The van der Waals surface area contributed by atoms with Gasteiger partial charge in [-0.3, -0.25) is 4.79 Å². The van der Waals surface area contributed by atoms with E-state index < -0.39 is 0 Å². The van der Waals surface area contributed by atoms with Gasteiger partial charge in [0.2, 0.25) is 5.91 Å².